The highest BCUT2D eigenvalue weighted by Crippen LogP contribution is 2.44. The number of nitrogens with one attached hydrogen (secondary N) is 1. The number of hydrogen-bond acceptors (Lipinski definition) is 3. The van der Waals surface area contributed by atoms with Gasteiger partial charge < -0.3 is 5.32 Å². The molecule has 0 aliphatic heterocycles. The highest BCUT2D eigenvalue weighted by Gasteiger charge is 2.34. The Morgan fingerprint density at radius 2 is 2.00 bits per heavy atom. The molecule has 2 nitrogen and oxygen atoms in total. The molecular formula is C18H24N2S. The zero-order chi connectivity index (χ0) is 15.0. The quantitative estimate of drug-likeness (QED) is 0.885. The number of thiazole rings is 1. The first-order valence-electron chi connectivity index (χ1n) is 7.78. The maximum Gasteiger partial charge on any atom is 0.123 e. The van der Waals surface area contributed by atoms with Crippen molar-refractivity contribution in [2.24, 2.45) is 5.41 Å². The molecule has 1 aliphatic rings. The zero-order valence-corrected chi connectivity index (χ0v) is 14.2. The van der Waals surface area contributed by atoms with E-state index >= 15 is 0 Å². The minimum atomic E-state index is 0.332. The summed E-state index contributed by atoms with van der Waals surface area (Å²) in [5, 5.41) is 4.81. The summed E-state index contributed by atoms with van der Waals surface area (Å²) in [6.07, 6.45) is 2.29. The number of benzene rings is 1. The molecule has 2 aromatic rings. The van der Waals surface area contributed by atoms with Crippen LogP contribution in [0.3, 0.4) is 0 Å². The van der Waals surface area contributed by atoms with Crippen LogP contribution in [-0.2, 0) is 6.42 Å². The Bertz CT molecular complexity index is 625. The molecule has 1 aromatic heterocycles. The van der Waals surface area contributed by atoms with Crippen LogP contribution < -0.4 is 5.32 Å². The van der Waals surface area contributed by atoms with Crippen LogP contribution in [0.5, 0.6) is 0 Å². The van der Waals surface area contributed by atoms with Gasteiger partial charge in [-0.2, -0.15) is 0 Å². The zero-order valence-electron chi connectivity index (χ0n) is 13.4. The van der Waals surface area contributed by atoms with Gasteiger partial charge in [0.2, 0.25) is 0 Å². The van der Waals surface area contributed by atoms with Crippen molar-refractivity contribution in [2.45, 2.75) is 46.6 Å². The monoisotopic (exact) mass is 300 g/mol. The molecule has 112 valence electrons. The predicted octanol–water partition coefficient (Wildman–Crippen LogP) is 4.74. The van der Waals surface area contributed by atoms with Crippen molar-refractivity contribution in [3.63, 3.8) is 0 Å². The molecule has 1 aromatic carbocycles. The normalized spacial score (nSPS) is 20.3. The second kappa shape index (κ2) is 5.54. The first-order valence-corrected chi connectivity index (χ1v) is 8.60. The van der Waals surface area contributed by atoms with E-state index in [-0.39, 0.29) is 0 Å². The Morgan fingerprint density at radius 3 is 2.67 bits per heavy atom. The van der Waals surface area contributed by atoms with Gasteiger partial charge in [0.05, 0.1) is 5.69 Å². The van der Waals surface area contributed by atoms with Crippen LogP contribution >= 0.6 is 11.3 Å². The number of aromatic nitrogens is 1. The van der Waals surface area contributed by atoms with Gasteiger partial charge in [-0.15, -0.1) is 11.3 Å². The summed E-state index contributed by atoms with van der Waals surface area (Å²) in [5.74, 6) is 0. The van der Waals surface area contributed by atoms with Gasteiger partial charge in [-0.05, 0) is 31.7 Å². The Hall–Kier alpha value is -1.19. The number of hydrogen-bond donors (Lipinski definition) is 1. The number of aryl methyl sites for hydroxylation is 1. The summed E-state index contributed by atoms with van der Waals surface area (Å²) in [6, 6.07) is 9.17. The van der Waals surface area contributed by atoms with Crippen molar-refractivity contribution in [1.82, 2.24) is 10.3 Å². The van der Waals surface area contributed by atoms with Crippen molar-refractivity contribution in [1.29, 1.82) is 0 Å². The third kappa shape index (κ3) is 3.04. The maximum atomic E-state index is 4.96. The van der Waals surface area contributed by atoms with Crippen LogP contribution in [0.15, 0.2) is 24.3 Å². The lowest BCUT2D eigenvalue weighted by atomic mass is 9.76. The van der Waals surface area contributed by atoms with Gasteiger partial charge in [0, 0.05) is 16.5 Å². The van der Waals surface area contributed by atoms with E-state index in [1.165, 1.54) is 33.1 Å². The number of fused-ring (bicyclic) bond motifs is 1. The summed E-state index contributed by atoms with van der Waals surface area (Å²) < 4.78 is 0. The van der Waals surface area contributed by atoms with Gasteiger partial charge in [-0.1, -0.05) is 50.6 Å². The van der Waals surface area contributed by atoms with Crippen molar-refractivity contribution < 1.29 is 0 Å². The van der Waals surface area contributed by atoms with E-state index in [1.807, 2.05) is 11.3 Å². The van der Waals surface area contributed by atoms with Gasteiger partial charge >= 0.3 is 0 Å². The van der Waals surface area contributed by atoms with E-state index in [1.54, 1.807) is 0 Å². The Morgan fingerprint density at radius 1 is 1.29 bits per heavy atom. The average molecular weight is 300 g/mol. The van der Waals surface area contributed by atoms with Gasteiger partial charge in [-0.25, -0.2) is 4.98 Å². The van der Waals surface area contributed by atoms with Crippen LogP contribution in [0, 0.1) is 12.3 Å². The van der Waals surface area contributed by atoms with E-state index in [9.17, 15) is 0 Å². The number of nitrogens with zero attached hydrogens (tertiary/aromatic N) is 1. The molecule has 0 bridgehead atoms. The molecule has 21 heavy (non-hydrogen) atoms. The molecule has 1 heterocycles. The van der Waals surface area contributed by atoms with Crippen molar-refractivity contribution in [2.75, 3.05) is 6.54 Å². The summed E-state index contributed by atoms with van der Waals surface area (Å²) in [6.45, 7) is 10.0. The molecule has 0 radical (unpaired) electrons. The second-order valence-electron chi connectivity index (χ2n) is 6.85. The third-order valence-electron chi connectivity index (χ3n) is 4.20. The Kier molecular flexibility index (Phi) is 3.89. The standard InChI is InChI=1S/C18H24N2S/c1-5-19-14-10-18(3,4)11-15-16(14)21-17(20-15)13-8-6-12(2)7-9-13/h6-9,14,19H,5,10-11H2,1-4H3. The van der Waals surface area contributed by atoms with Crippen molar-refractivity contribution >= 4 is 11.3 Å². The van der Waals surface area contributed by atoms with E-state index in [0.29, 0.717) is 11.5 Å². The molecule has 0 saturated carbocycles. The fourth-order valence-corrected chi connectivity index (χ4v) is 4.33. The molecule has 0 saturated heterocycles. The van der Waals surface area contributed by atoms with Crippen LogP contribution in [0.4, 0.5) is 0 Å². The smallest absolute Gasteiger partial charge is 0.123 e. The molecule has 3 heteroatoms. The van der Waals surface area contributed by atoms with Gasteiger partial charge in [0.15, 0.2) is 0 Å². The SMILES string of the molecule is CCNC1CC(C)(C)Cc2nc(-c3ccc(C)cc3)sc21. The molecule has 1 aliphatic carbocycles. The van der Waals surface area contributed by atoms with Crippen LogP contribution in [0.2, 0.25) is 0 Å². The van der Waals surface area contributed by atoms with E-state index in [0.717, 1.165) is 13.0 Å². The molecule has 1 N–H and O–H groups in total. The predicted molar refractivity (Wildman–Crippen MR) is 90.8 cm³/mol. The molecule has 1 unspecified atom stereocenters. The van der Waals surface area contributed by atoms with Gasteiger partial charge in [0.25, 0.3) is 0 Å². The Labute approximate surface area is 131 Å². The van der Waals surface area contributed by atoms with Crippen molar-refractivity contribution in [3.05, 3.63) is 40.4 Å². The lowest BCUT2D eigenvalue weighted by Crippen LogP contribution is -2.32. The fraction of sp³-hybridized carbons (Fsp3) is 0.500. The van der Waals surface area contributed by atoms with Crippen LogP contribution in [0.1, 0.15) is 49.4 Å². The topological polar surface area (TPSA) is 24.9 Å². The molecule has 3 rings (SSSR count). The summed E-state index contributed by atoms with van der Waals surface area (Å²) in [7, 11) is 0. The fourth-order valence-electron chi connectivity index (χ4n) is 3.16. The largest absolute Gasteiger partial charge is 0.309 e. The van der Waals surface area contributed by atoms with E-state index in [4.69, 9.17) is 4.98 Å². The summed E-state index contributed by atoms with van der Waals surface area (Å²) >= 11 is 1.87. The van der Waals surface area contributed by atoms with Crippen molar-refractivity contribution in [3.8, 4) is 10.6 Å². The van der Waals surface area contributed by atoms with Gasteiger partial charge in [-0.3, -0.25) is 0 Å². The molecule has 0 spiro atoms. The third-order valence-corrected chi connectivity index (χ3v) is 5.46. The van der Waals surface area contributed by atoms with E-state index in [2.05, 4.69) is 57.3 Å². The highest BCUT2D eigenvalue weighted by molar-refractivity contribution is 7.15. The molecule has 1 atom stereocenters. The lowest BCUT2D eigenvalue weighted by Gasteiger charge is -2.34. The first kappa shape index (κ1) is 14.7. The number of rotatable bonds is 3. The first-order chi connectivity index (χ1) is 9.98. The lowest BCUT2D eigenvalue weighted by molar-refractivity contribution is 0.260. The Balaban J connectivity index is 1.99. The van der Waals surface area contributed by atoms with Crippen LogP contribution in [-0.4, -0.2) is 11.5 Å². The minimum absolute atomic E-state index is 0.332. The molecular weight excluding hydrogens is 276 g/mol. The molecule has 0 fully saturated rings. The second-order valence-corrected chi connectivity index (χ2v) is 7.88. The van der Waals surface area contributed by atoms with Gasteiger partial charge in [0.1, 0.15) is 5.01 Å². The minimum Gasteiger partial charge on any atom is -0.309 e. The highest BCUT2D eigenvalue weighted by atomic mass is 32.1. The summed E-state index contributed by atoms with van der Waals surface area (Å²) in [4.78, 5) is 6.41. The maximum absolute atomic E-state index is 4.96. The van der Waals surface area contributed by atoms with E-state index < -0.39 is 0 Å². The summed E-state index contributed by atoms with van der Waals surface area (Å²) in [5.41, 5.74) is 4.18. The molecule has 0 amide bonds. The average Bonchev–Trinajstić information content (AvgIpc) is 2.82. The van der Waals surface area contributed by atoms with Crippen LogP contribution in [0.25, 0.3) is 10.6 Å².